The summed E-state index contributed by atoms with van der Waals surface area (Å²) >= 11 is 0. The van der Waals surface area contributed by atoms with Crippen molar-refractivity contribution in [2.75, 3.05) is 0 Å². The van der Waals surface area contributed by atoms with Crippen molar-refractivity contribution in [1.82, 2.24) is 0 Å². The van der Waals surface area contributed by atoms with E-state index in [0.29, 0.717) is 0 Å². The molecule has 1 nitrogen and oxygen atoms in total. The Labute approximate surface area is 99.8 Å². The Morgan fingerprint density at radius 1 is 0.938 bits per heavy atom. The number of rotatable bonds is 2. The minimum Gasteiger partial charge on any atom is -0.489 e. The van der Waals surface area contributed by atoms with Crippen LogP contribution in [0.2, 0.25) is 0 Å². The largest absolute Gasteiger partial charge is 0.489 e. The molecule has 0 spiro atoms. The van der Waals surface area contributed by atoms with Gasteiger partial charge in [0.05, 0.1) is 0 Å². The molecule has 1 radical (unpaired) electrons. The van der Waals surface area contributed by atoms with Crippen LogP contribution in [0.4, 0.5) is 0 Å². The lowest BCUT2D eigenvalue weighted by Crippen LogP contribution is -2.42. The minimum atomic E-state index is 0.123. The standard InChI is InChI=1S/C15H23O/c1-14(2,3)13(15(4,5)6)16-12-10-8-7-9-11-12/h8-11,13H,1-6H3. The second-order valence-electron chi connectivity index (χ2n) is 6.47. The monoisotopic (exact) mass is 219 g/mol. The topological polar surface area (TPSA) is 9.23 Å². The Morgan fingerprint density at radius 2 is 1.38 bits per heavy atom. The second-order valence-corrected chi connectivity index (χ2v) is 6.47. The maximum absolute atomic E-state index is 6.12. The van der Waals surface area contributed by atoms with Crippen LogP contribution < -0.4 is 4.74 Å². The third-order valence-corrected chi connectivity index (χ3v) is 2.51. The van der Waals surface area contributed by atoms with Crippen LogP contribution >= 0.6 is 0 Å². The van der Waals surface area contributed by atoms with E-state index in [4.69, 9.17) is 4.74 Å². The third kappa shape index (κ3) is 3.55. The van der Waals surface area contributed by atoms with Gasteiger partial charge in [0.15, 0.2) is 0 Å². The van der Waals surface area contributed by atoms with E-state index < -0.39 is 0 Å². The summed E-state index contributed by atoms with van der Waals surface area (Å²) in [5, 5.41) is 0. The highest BCUT2D eigenvalue weighted by Gasteiger charge is 2.36. The second kappa shape index (κ2) is 4.48. The van der Waals surface area contributed by atoms with Gasteiger partial charge in [0.25, 0.3) is 0 Å². The van der Waals surface area contributed by atoms with Gasteiger partial charge in [-0.25, -0.2) is 0 Å². The van der Waals surface area contributed by atoms with Gasteiger partial charge < -0.3 is 4.74 Å². The Hall–Kier alpha value is -0.980. The Kier molecular flexibility index (Phi) is 3.67. The Morgan fingerprint density at radius 3 is 1.75 bits per heavy atom. The van der Waals surface area contributed by atoms with Gasteiger partial charge in [-0.1, -0.05) is 53.7 Å². The maximum Gasteiger partial charge on any atom is 0.119 e. The highest BCUT2D eigenvalue weighted by molar-refractivity contribution is 5.21. The molecule has 1 aromatic rings. The van der Waals surface area contributed by atoms with Gasteiger partial charge in [0.1, 0.15) is 11.9 Å². The van der Waals surface area contributed by atoms with E-state index >= 15 is 0 Å². The summed E-state index contributed by atoms with van der Waals surface area (Å²) in [7, 11) is 0. The highest BCUT2D eigenvalue weighted by Crippen LogP contribution is 2.36. The van der Waals surface area contributed by atoms with E-state index in [9.17, 15) is 0 Å². The lowest BCUT2D eigenvalue weighted by atomic mass is 9.74. The van der Waals surface area contributed by atoms with Crippen LogP contribution in [0, 0.1) is 16.9 Å². The molecule has 0 saturated heterocycles. The molecule has 0 aliphatic heterocycles. The van der Waals surface area contributed by atoms with Crippen LogP contribution in [-0.2, 0) is 0 Å². The summed E-state index contributed by atoms with van der Waals surface area (Å²) in [5.74, 6) is 0.925. The van der Waals surface area contributed by atoms with Crippen LogP contribution in [0.3, 0.4) is 0 Å². The smallest absolute Gasteiger partial charge is 0.119 e. The van der Waals surface area contributed by atoms with E-state index in [-0.39, 0.29) is 16.9 Å². The van der Waals surface area contributed by atoms with Gasteiger partial charge in [0, 0.05) is 0 Å². The molecule has 0 aliphatic carbocycles. The van der Waals surface area contributed by atoms with E-state index in [0.717, 1.165) is 5.75 Å². The van der Waals surface area contributed by atoms with Crippen LogP contribution in [0.5, 0.6) is 5.75 Å². The number of benzene rings is 1. The maximum atomic E-state index is 6.12. The number of hydrogen-bond acceptors (Lipinski definition) is 1. The predicted octanol–water partition coefficient (Wildman–Crippen LogP) is 4.33. The summed E-state index contributed by atoms with van der Waals surface area (Å²) < 4.78 is 6.12. The lowest BCUT2D eigenvalue weighted by Gasteiger charge is -2.40. The normalized spacial score (nSPS) is 12.9. The number of ether oxygens (including phenoxy) is 1. The quantitative estimate of drug-likeness (QED) is 0.719. The first-order valence-corrected chi connectivity index (χ1v) is 5.84. The van der Waals surface area contributed by atoms with Gasteiger partial charge in [-0.2, -0.15) is 0 Å². The molecule has 1 aromatic carbocycles. The van der Waals surface area contributed by atoms with Crippen molar-refractivity contribution in [2.24, 2.45) is 10.8 Å². The van der Waals surface area contributed by atoms with Crippen molar-refractivity contribution in [3.8, 4) is 5.75 Å². The summed E-state index contributed by atoms with van der Waals surface area (Å²) in [5.41, 5.74) is 0.246. The van der Waals surface area contributed by atoms with Crippen molar-refractivity contribution in [2.45, 2.75) is 47.6 Å². The zero-order valence-corrected chi connectivity index (χ0v) is 11.3. The van der Waals surface area contributed by atoms with Crippen LogP contribution in [0.25, 0.3) is 0 Å². The molecule has 89 valence electrons. The molecule has 0 fully saturated rings. The van der Waals surface area contributed by atoms with Crippen molar-refractivity contribution in [3.63, 3.8) is 0 Å². The molecule has 0 atom stereocenters. The predicted molar refractivity (Wildman–Crippen MR) is 68.6 cm³/mol. The SMILES string of the molecule is CC(C)(C)C(Oc1cc[c]cc1)C(C)(C)C. The van der Waals surface area contributed by atoms with Gasteiger partial charge in [-0.3, -0.25) is 0 Å². The van der Waals surface area contributed by atoms with Crippen molar-refractivity contribution in [3.05, 3.63) is 30.3 Å². The van der Waals surface area contributed by atoms with Crippen LogP contribution in [-0.4, -0.2) is 6.10 Å². The van der Waals surface area contributed by atoms with E-state index in [1.807, 2.05) is 24.3 Å². The molecule has 0 aliphatic rings. The molecule has 16 heavy (non-hydrogen) atoms. The molecule has 0 heterocycles. The van der Waals surface area contributed by atoms with Crippen LogP contribution in [0.15, 0.2) is 24.3 Å². The molecule has 0 unspecified atom stereocenters. The van der Waals surface area contributed by atoms with E-state index in [2.05, 4.69) is 47.6 Å². The average molecular weight is 219 g/mol. The Balaban J connectivity index is 2.89. The van der Waals surface area contributed by atoms with Crippen molar-refractivity contribution < 1.29 is 4.74 Å². The molecule has 0 N–H and O–H groups in total. The van der Waals surface area contributed by atoms with Gasteiger partial charge in [-0.15, -0.1) is 0 Å². The highest BCUT2D eigenvalue weighted by atomic mass is 16.5. The molecule has 1 heteroatoms. The molecule has 0 amide bonds. The van der Waals surface area contributed by atoms with Crippen molar-refractivity contribution in [1.29, 1.82) is 0 Å². The van der Waals surface area contributed by atoms with Crippen LogP contribution in [0.1, 0.15) is 41.5 Å². The average Bonchev–Trinajstić information content (AvgIpc) is 2.12. The Bertz CT molecular complexity index is 300. The minimum absolute atomic E-state index is 0.123. The van der Waals surface area contributed by atoms with Gasteiger partial charge in [0.2, 0.25) is 0 Å². The van der Waals surface area contributed by atoms with Gasteiger partial charge >= 0.3 is 0 Å². The summed E-state index contributed by atoms with van der Waals surface area (Å²) in [6.45, 7) is 13.3. The zero-order chi connectivity index (χ0) is 12.4. The fourth-order valence-corrected chi connectivity index (χ4v) is 2.24. The summed E-state index contributed by atoms with van der Waals surface area (Å²) in [6.07, 6.45) is 0.183. The molecule has 0 bridgehead atoms. The van der Waals surface area contributed by atoms with E-state index in [1.165, 1.54) is 0 Å². The molecular weight excluding hydrogens is 196 g/mol. The third-order valence-electron chi connectivity index (χ3n) is 2.51. The first-order valence-electron chi connectivity index (χ1n) is 5.84. The summed E-state index contributed by atoms with van der Waals surface area (Å²) in [6, 6.07) is 10.7. The first-order chi connectivity index (χ1) is 7.21. The molecular formula is C15H23O. The zero-order valence-electron chi connectivity index (χ0n) is 11.3. The fraction of sp³-hybridized carbons (Fsp3) is 0.600. The lowest BCUT2D eigenvalue weighted by molar-refractivity contribution is -0.00169. The summed E-state index contributed by atoms with van der Waals surface area (Å²) in [4.78, 5) is 0. The number of hydrogen-bond donors (Lipinski definition) is 0. The molecule has 0 aromatic heterocycles. The van der Waals surface area contributed by atoms with E-state index in [1.54, 1.807) is 0 Å². The first kappa shape index (κ1) is 13.1. The van der Waals surface area contributed by atoms with Crippen molar-refractivity contribution >= 4 is 0 Å². The fourth-order valence-electron chi connectivity index (χ4n) is 2.24. The van der Waals surface area contributed by atoms with Gasteiger partial charge in [-0.05, 0) is 29.0 Å². The molecule has 0 saturated carbocycles. The molecule has 1 rings (SSSR count).